The number of likely N-dealkylation sites (tertiary alicyclic amines) is 1. The van der Waals surface area contributed by atoms with Gasteiger partial charge in [-0.1, -0.05) is 27.2 Å². The Kier molecular flexibility index (Phi) is 7.87. The van der Waals surface area contributed by atoms with Gasteiger partial charge in [0.05, 0.1) is 6.61 Å². The highest BCUT2D eigenvalue weighted by molar-refractivity contribution is 4.81. The fourth-order valence-electron chi connectivity index (χ4n) is 2.62. The van der Waals surface area contributed by atoms with Crippen molar-refractivity contribution in [2.75, 3.05) is 33.4 Å². The maximum Gasteiger partial charge on any atom is 0.0618 e. The van der Waals surface area contributed by atoms with E-state index in [1.807, 2.05) is 0 Å². The van der Waals surface area contributed by atoms with Crippen LogP contribution in [-0.2, 0) is 4.74 Å². The molecule has 1 N–H and O–H groups in total. The van der Waals surface area contributed by atoms with E-state index in [9.17, 15) is 0 Å². The van der Waals surface area contributed by atoms with Gasteiger partial charge in [0.25, 0.3) is 0 Å². The summed E-state index contributed by atoms with van der Waals surface area (Å²) in [6.45, 7) is 11.4. The summed E-state index contributed by atoms with van der Waals surface area (Å²) in [6.07, 6.45) is 5.23. The SMILES string of the molecule is CCCCN1CCC(NC(COC)C(C)C)CC1. The molecule has 0 spiro atoms. The van der Waals surface area contributed by atoms with Crippen molar-refractivity contribution >= 4 is 0 Å². The summed E-state index contributed by atoms with van der Waals surface area (Å²) in [5.74, 6) is 0.642. The van der Waals surface area contributed by atoms with Crippen molar-refractivity contribution in [2.45, 2.75) is 58.5 Å². The average Bonchev–Trinajstić information content (AvgIpc) is 2.37. The van der Waals surface area contributed by atoms with Crippen LogP contribution in [0.4, 0.5) is 0 Å². The zero-order chi connectivity index (χ0) is 13.4. The molecular weight excluding hydrogens is 224 g/mol. The highest BCUT2D eigenvalue weighted by atomic mass is 16.5. The first-order valence-corrected chi connectivity index (χ1v) is 7.64. The van der Waals surface area contributed by atoms with Crippen molar-refractivity contribution in [1.29, 1.82) is 0 Å². The number of methoxy groups -OCH3 is 1. The van der Waals surface area contributed by atoms with Crippen molar-refractivity contribution in [2.24, 2.45) is 5.92 Å². The van der Waals surface area contributed by atoms with Gasteiger partial charge in [0.2, 0.25) is 0 Å². The van der Waals surface area contributed by atoms with Gasteiger partial charge >= 0.3 is 0 Å². The molecule has 1 atom stereocenters. The Hall–Kier alpha value is -0.120. The maximum atomic E-state index is 5.31. The molecule has 1 fully saturated rings. The quantitative estimate of drug-likeness (QED) is 0.722. The summed E-state index contributed by atoms with van der Waals surface area (Å²) in [4.78, 5) is 2.61. The number of rotatable bonds is 8. The van der Waals surface area contributed by atoms with E-state index >= 15 is 0 Å². The Balaban J connectivity index is 2.25. The lowest BCUT2D eigenvalue weighted by molar-refractivity contribution is 0.123. The molecule has 0 bridgehead atoms. The Labute approximate surface area is 113 Å². The van der Waals surface area contributed by atoms with Crippen LogP contribution in [0.15, 0.2) is 0 Å². The third kappa shape index (κ3) is 5.68. The van der Waals surface area contributed by atoms with Gasteiger partial charge in [0.1, 0.15) is 0 Å². The minimum atomic E-state index is 0.502. The predicted molar refractivity (Wildman–Crippen MR) is 78.0 cm³/mol. The standard InChI is InChI=1S/C15H32N2O/c1-5-6-9-17-10-7-14(8-11-17)16-15(12-18-4)13(2)3/h13-16H,5-12H2,1-4H3. The third-order valence-electron chi connectivity index (χ3n) is 4.02. The van der Waals surface area contributed by atoms with Crippen molar-refractivity contribution < 1.29 is 4.74 Å². The average molecular weight is 256 g/mol. The molecule has 1 aliphatic heterocycles. The van der Waals surface area contributed by atoms with Crippen LogP contribution in [0.3, 0.4) is 0 Å². The zero-order valence-electron chi connectivity index (χ0n) is 12.7. The van der Waals surface area contributed by atoms with Gasteiger partial charge in [0.15, 0.2) is 0 Å². The second-order valence-electron chi connectivity index (χ2n) is 5.94. The van der Waals surface area contributed by atoms with Crippen LogP contribution in [0, 0.1) is 5.92 Å². The van der Waals surface area contributed by atoms with E-state index in [0.29, 0.717) is 18.0 Å². The molecule has 108 valence electrons. The molecule has 0 aliphatic carbocycles. The van der Waals surface area contributed by atoms with Crippen LogP contribution in [0.2, 0.25) is 0 Å². The van der Waals surface area contributed by atoms with Gasteiger partial charge in [-0.15, -0.1) is 0 Å². The summed E-state index contributed by atoms with van der Waals surface area (Å²) >= 11 is 0. The van der Waals surface area contributed by atoms with Crippen molar-refractivity contribution in [1.82, 2.24) is 10.2 Å². The molecule has 0 aromatic carbocycles. The van der Waals surface area contributed by atoms with Crippen LogP contribution in [-0.4, -0.2) is 50.3 Å². The highest BCUT2D eigenvalue weighted by Crippen LogP contribution is 2.13. The molecule has 1 rings (SSSR count). The molecule has 3 heteroatoms. The first-order valence-electron chi connectivity index (χ1n) is 7.64. The molecule has 0 aromatic rings. The highest BCUT2D eigenvalue weighted by Gasteiger charge is 2.22. The molecule has 0 aromatic heterocycles. The number of hydrogen-bond donors (Lipinski definition) is 1. The van der Waals surface area contributed by atoms with Gasteiger partial charge in [-0.25, -0.2) is 0 Å². The first-order chi connectivity index (χ1) is 8.67. The van der Waals surface area contributed by atoms with E-state index in [4.69, 9.17) is 4.74 Å². The van der Waals surface area contributed by atoms with Crippen molar-refractivity contribution in [3.05, 3.63) is 0 Å². The maximum absolute atomic E-state index is 5.31. The van der Waals surface area contributed by atoms with Crippen molar-refractivity contribution in [3.8, 4) is 0 Å². The van der Waals surface area contributed by atoms with E-state index < -0.39 is 0 Å². The number of nitrogens with zero attached hydrogens (tertiary/aromatic N) is 1. The smallest absolute Gasteiger partial charge is 0.0618 e. The number of hydrogen-bond acceptors (Lipinski definition) is 3. The van der Waals surface area contributed by atoms with E-state index in [0.717, 1.165) is 6.61 Å². The Morgan fingerprint density at radius 3 is 2.44 bits per heavy atom. The Morgan fingerprint density at radius 1 is 1.28 bits per heavy atom. The molecular formula is C15H32N2O. The molecule has 1 heterocycles. The van der Waals surface area contributed by atoms with Gasteiger partial charge in [-0.2, -0.15) is 0 Å². The Morgan fingerprint density at radius 2 is 1.94 bits per heavy atom. The fourth-order valence-corrected chi connectivity index (χ4v) is 2.62. The summed E-state index contributed by atoms with van der Waals surface area (Å²) in [6, 6.07) is 1.19. The number of nitrogens with one attached hydrogen (secondary N) is 1. The normalized spacial score (nSPS) is 20.5. The number of ether oxygens (including phenoxy) is 1. The van der Waals surface area contributed by atoms with E-state index in [1.54, 1.807) is 7.11 Å². The summed E-state index contributed by atoms with van der Waals surface area (Å²) < 4.78 is 5.31. The lowest BCUT2D eigenvalue weighted by Crippen LogP contribution is -2.49. The van der Waals surface area contributed by atoms with Crippen LogP contribution in [0.5, 0.6) is 0 Å². The van der Waals surface area contributed by atoms with Gasteiger partial charge < -0.3 is 15.0 Å². The Bertz CT molecular complexity index is 201. The molecule has 1 saturated heterocycles. The molecule has 18 heavy (non-hydrogen) atoms. The second-order valence-corrected chi connectivity index (χ2v) is 5.94. The van der Waals surface area contributed by atoms with Crippen molar-refractivity contribution in [3.63, 3.8) is 0 Å². The van der Waals surface area contributed by atoms with Crippen LogP contribution < -0.4 is 5.32 Å². The van der Waals surface area contributed by atoms with Gasteiger partial charge in [0, 0.05) is 19.2 Å². The molecule has 0 amide bonds. The molecule has 1 aliphatic rings. The second kappa shape index (κ2) is 8.89. The minimum Gasteiger partial charge on any atom is -0.383 e. The zero-order valence-corrected chi connectivity index (χ0v) is 12.7. The number of unbranched alkanes of at least 4 members (excludes halogenated alkanes) is 1. The summed E-state index contributed by atoms with van der Waals surface area (Å²) in [5, 5.41) is 3.78. The fraction of sp³-hybridized carbons (Fsp3) is 1.00. The third-order valence-corrected chi connectivity index (χ3v) is 4.02. The van der Waals surface area contributed by atoms with E-state index in [-0.39, 0.29) is 0 Å². The lowest BCUT2D eigenvalue weighted by atomic mass is 9.99. The molecule has 1 unspecified atom stereocenters. The largest absolute Gasteiger partial charge is 0.383 e. The van der Waals surface area contributed by atoms with Gasteiger partial charge in [-0.05, 0) is 44.8 Å². The summed E-state index contributed by atoms with van der Waals surface area (Å²) in [7, 11) is 1.80. The van der Waals surface area contributed by atoms with Gasteiger partial charge in [-0.3, -0.25) is 0 Å². The lowest BCUT2D eigenvalue weighted by Gasteiger charge is -2.35. The van der Waals surface area contributed by atoms with Crippen LogP contribution >= 0.6 is 0 Å². The minimum absolute atomic E-state index is 0.502. The molecule has 3 nitrogen and oxygen atoms in total. The topological polar surface area (TPSA) is 24.5 Å². The van der Waals surface area contributed by atoms with Crippen LogP contribution in [0.1, 0.15) is 46.5 Å². The van der Waals surface area contributed by atoms with E-state index in [2.05, 4.69) is 31.0 Å². The van der Waals surface area contributed by atoms with E-state index in [1.165, 1.54) is 45.3 Å². The first kappa shape index (κ1) is 15.9. The predicted octanol–water partition coefficient (Wildman–Crippen LogP) is 2.51. The van der Waals surface area contributed by atoms with Crippen LogP contribution in [0.25, 0.3) is 0 Å². The molecule has 0 saturated carbocycles. The summed E-state index contributed by atoms with van der Waals surface area (Å²) in [5.41, 5.74) is 0. The molecule has 0 radical (unpaired) electrons. The number of piperidine rings is 1. The monoisotopic (exact) mass is 256 g/mol.